The van der Waals surface area contributed by atoms with Crippen LogP contribution < -0.4 is 21.3 Å². The number of carbonyl (C=O) groups is 1. The molecule has 0 aromatic heterocycles. The molecule has 0 saturated heterocycles. The van der Waals surface area contributed by atoms with E-state index in [-0.39, 0.29) is 5.11 Å². The lowest BCUT2D eigenvalue weighted by Crippen LogP contribution is -2.57. The van der Waals surface area contributed by atoms with Gasteiger partial charge in [0.25, 0.3) is 0 Å². The Kier molecular flexibility index (Phi) is 7.61. The highest BCUT2D eigenvalue weighted by Gasteiger charge is 2.34. The van der Waals surface area contributed by atoms with Gasteiger partial charge in [-0.2, -0.15) is 0 Å². The zero-order chi connectivity index (χ0) is 19.2. The van der Waals surface area contributed by atoms with E-state index in [0.29, 0.717) is 16.4 Å². The van der Waals surface area contributed by atoms with E-state index in [1.54, 1.807) is 48.5 Å². The number of para-hydroxylation sites is 1. The van der Waals surface area contributed by atoms with E-state index in [4.69, 9.17) is 58.6 Å². The van der Waals surface area contributed by atoms with Crippen molar-refractivity contribution in [1.82, 2.24) is 10.6 Å². The maximum absolute atomic E-state index is 12.1. The molecule has 0 aliphatic carbocycles. The maximum Gasteiger partial charge on any atom is 0.320 e. The molecule has 138 valence electrons. The number of carbonyl (C=O) groups excluding carboxylic acids is 1. The fourth-order valence-corrected chi connectivity index (χ4v) is 2.54. The summed E-state index contributed by atoms with van der Waals surface area (Å²) >= 11 is 28.8. The highest BCUT2D eigenvalue weighted by Crippen LogP contribution is 2.29. The first-order valence-corrected chi connectivity index (χ1v) is 9.18. The van der Waals surface area contributed by atoms with Crippen molar-refractivity contribution >= 4 is 81.1 Å². The van der Waals surface area contributed by atoms with E-state index in [1.807, 2.05) is 6.07 Å². The van der Waals surface area contributed by atoms with Crippen molar-refractivity contribution in [2.45, 2.75) is 9.96 Å². The maximum atomic E-state index is 12.1. The molecule has 4 N–H and O–H groups in total. The Bertz CT molecular complexity index is 753. The minimum Gasteiger partial charge on any atom is -0.339 e. The van der Waals surface area contributed by atoms with Gasteiger partial charge in [0.05, 0.1) is 0 Å². The lowest BCUT2D eigenvalue weighted by Gasteiger charge is -2.27. The summed E-state index contributed by atoms with van der Waals surface area (Å²) in [4.78, 5) is 12.1. The molecule has 10 heteroatoms. The first-order chi connectivity index (χ1) is 12.2. The first-order valence-electron chi connectivity index (χ1n) is 7.26. The zero-order valence-electron chi connectivity index (χ0n) is 13.1. The fourth-order valence-electron chi connectivity index (χ4n) is 1.85. The number of anilines is 2. The van der Waals surface area contributed by atoms with E-state index >= 15 is 0 Å². The van der Waals surface area contributed by atoms with Crippen molar-refractivity contribution in [3.63, 3.8) is 0 Å². The van der Waals surface area contributed by atoms with Crippen LogP contribution in [0.1, 0.15) is 0 Å². The zero-order valence-corrected chi connectivity index (χ0v) is 16.9. The van der Waals surface area contributed by atoms with Gasteiger partial charge in [-0.05, 0) is 48.6 Å². The number of alkyl halides is 3. The van der Waals surface area contributed by atoms with E-state index in [9.17, 15) is 4.79 Å². The van der Waals surface area contributed by atoms with E-state index in [0.717, 1.165) is 0 Å². The van der Waals surface area contributed by atoms with Gasteiger partial charge in [-0.1, -0.05) is 64.6 Å². The Hall–Kier alpha value is -1.44. The number of thiocarbonyl (C=S) groups is 1. The molecule has 2 aromatic rings. The Morgan fingerprint density at radius 2 is 1.46 bits per heavy atom. The predicted octanol–water partition coefficient (Wildman–Crippen LogP) is 5.14. The van der Waals surface area contributed by atoms with E-state index < -0.39 is 16.0 Å². The molecule has 0 aliphatic rings. The second kappa shape index (κ2) is 9.48. The van der Waals surface area contributed by atoms with Crippen LogP contribution in [0, 0.1) is 0 Å². The summed E-state index contributed by atoms with van der Waals surface area (Å²) in [7, 11) is 0. The quantitative estimate of drug-likeness (QED) is 0.295. The molecular formula is C16H14Cl4N4OS. The Morgan fingerprint density at radius 3 is 2.04 bits per heavy atom. The van der Waals surface area contributed by atoms with E-state index in [2.05, 4.69) is 21.3 Å². The summed E-state index contributed by atoms with van der Waals surface area (Å²) < 4.78 is -1.85. The van der Waals surface area contributed by atoms with Gasteiger partial charge < -0.3 is 21.3 Å². The lowest BCUT2D eigenvalue weighted by atomic mass is 10.3. The summed E-state index contributed by atoms with van der Waals surface area (Å²) in [5, 5.41) is 11.6. The molecule has 0 radical (unpaired) electrons. The van der Waals surface area contributed by atoms with Gasteiger partial charge in [0.15, 0.2) is 11.3 Å². The second-order valence-electron chi connectivity index (χ2n) is 5.04. The number of halogens is 4. The SMILES string of the molecule is O=C(Nc1ccccc1)N[C@H](NC(=S)Nc1ccc(Cl)cc1)C(Cl)(Cl)Cl. The molecule has 0 saturated carbocycles. The number of benzene rings is 2. The Balaban J connectivity index is 1.97. The van der Waals surface area contributed by atoms with Crippen LogP contribution in [0.25, 0.3) is 0 Å². The summed E-state index contributed by atoms with van der Waals surface area (Å²) in [6.45, 7) is 0. The molecule has 0 bridgehead atoms. The molecule has 0 unspecified atom stereocenters. The number of rotatable bonds is 4. The molecule has 0 heterocycles. The van der Waals surface area contributed by atoms with Gasteiger partial charge in [-0.25, -0.2) is 4.79 Å². The van der Waals surface area contributed by atoms with Crippen molar-refractivity contribution in [1.29, 1.82) is 0 Å². The average Bonchev–Trinajstić information content (AvgIpc) is 2.56. The Morgan fingerprint density at radius 1 is 0.885 bits per heavy atom. The highest BCUT2D eigenvalue weighted by atomic mass is 35.6. The van der Waals surface area contributed by atoms with Crippen LogP contribution >= 0.6 is 58.6 Å². The molecule has 0 aliphatic heterocycles. The van der Waals surface area contributed by atoms with Gasteiger partial charge in [-0.3, -0.25) is 0 Å². The molecule has 0 fully saturated rings. The van der Waals surface area contributed by atoms with Crippen molar-refractivity contribution in [3.8, 4) is 0 Å². The van der Waals surface area contributed by atoms with Crippen molar-refractivity contribution < 1.29 is 4.79 Å². The minimum absolute atomic E-state index is 0.156. The molecule has 0 spiro atoms. The molecule has 2 aromatic carbocycles. The monoisotopic (exact) mass is 450 g/mol. The standard InChI is InChI=1S/C16H14Cl4N4OS/c17-10-6-8-12(9-7-10)22-15(26)24-13(16(18,19)20)23-14(25)21-11-4-2-1-3-5-11/h1-9,13H,(H2,21,23,25)(H2,22,24,26)/t13-/m1/s1. The van der Waals surface area contributed by atoms with Crippen LogP contribution in [0.2, 0.25) is 5.02 Å². The normalized spacial score (nSPS) is 12.0. The van der Waals surface area contributed by atoms with Crippen LogP contribution in [0.3, 0.4) is 0 Å². The van der Waals surface area contributed by atoms with Crippen LogP contribution in [-0.2, 0) is 0 Å². The summed E-state index contributed by atoms with van der Waals surface area (Å²) in [6, 6.07) is 15.1. The van der Waals surface area contributed by atoms with Crippen molar-refractivity contribution in [2.24, 2.45) is 0 Å². The van der Waals surface area contributed by atoms with Gasteiger partial charge in [0.1, 0.15) is 0 Å². The topological polar surface area (TPSA) is 65.2 Å². The number of amides is 2. The Labute approximate surface area is 176 Å². The smallest absolute Gasteiger partial charge is 0.320 e. The van der Waals surface area contributed by atoms with Crippen LogP contribution in [0.5, 0.6) is 0 Å². The number of hydrogen-bond donors (Lipinski definition) is 4. The molecular weight excluding hydrogens is 438 g/mol. The third-order valence-electron chi connectivity index (χ3n) is 3.01. The molecule has 5 nitrogen and oxygen atoms in total. The summed E-state index contributed by atoms with van der Waals surface area (Å²) in [5.74, 6) is 0. The van der Waals surface area contributed by atoms with Crippen LogP contribution in [0.4, 0.5) is 16.2 Å². The van der Waals surface area contributed by atoms with Crippen LogP contribution in [-0.4, -0.2) is 21.1 Å². The minimum atomic E-state index is -1.85. The highest BCUT2D eigenvalue weighted by molar-refractivity contribution is 7.80. The van der Waals surface area contributed by atoms with Gasteiger partial charge in [-0.15, -0.1) is 0 Å². The van der Waals surface area contributed by atoms with Gasteiger partial charge in [0.2, 0.25) is 3.79 Å². The van der Waals surface area contributed by atoms with Crippen LogP contribution in [0.15, 0.2) is 54.6 Å². The summed E-state index contributed by atoms with van der Waals surface area (Å²) in [6.07, 6.45) is -1.08. The lowest BCUT2D eigenvalue weighted by molar-refractivity contribution is 0.247. The third-order valence-corrected chi connectivity index (χ3v) is 4.14. The second-order valence-corrected chi connectivity index (χ2v) is 8.26. The molecule has 26 heavy (non-hydrogen) atoms. The third kappa shape index (κ3) is 7.05. The average molecular weight is 452 g/mol. The first kappa shape index (κ1) is 20.9. The largest absolute Gasteiger partial charge is 0.339 e. The van der Waals surface area contributed by atoms with Gasteiger partial charge in [0, 0.05) is 16.4 Å². The molecule has 1 atom stereocenters. The number of nitrogens with one attached hydrogen (secondary N) is 4. The van der Waals surface area contributed by atoms with Crippen molar-refractivity contribution in [2.75, 3.05) is 10.6 Å². The van der Waals surface area contributed by atoms with Crippen molar-refractivity contribution in [3.05, 3.63) is 59.6 Å². The fraction of sp³-hybridized carbons (Fsp3) is 0.125. The van der Waals surface area contributed by atoms with Gasteiger partial charge >= 0.3 is 6.03 Å². The van der Waals surface area contributed by atoms with E-state index in [1.165, 1.54) is 0 Å². The molecule has 2 amide bonds. The number of urea groups is 1. The molecule has 2 rings (SSSR count). The summed E-state index contributed by atoms with van der Waals surface area (Å²) in [5.41, 5.74) is 1.28. The predicted molar refractivity (Wildman–Crippen MR) is 113 cm³/mol. The number of hydrogen-bond acceptors (Lipinski definition) is 2.